The average molecular weight is 617 g/mol. The van der Waals surface area contributed by atoms with Crippen molar-refractivity contribution in [2.45, 2.75) is 136 Å². The maximum atomic E-state index is 12.3. The predicted molar refractivity (Wildman–Crippen MR) is 176 cm³/mol. The maximum Gasteiger partial charge on any atom is 0.161 e. The van der Waals surface area contributed by atoms with Gasteiger partial charge in [-0.05, 0) is 166 Å². The zero-order chi connectivity index (χ0) is 32.1. The van der Waals surface area contributed by atoms with Crippen LogP contribution in [0.25, 0.3) is 0 Å². The molecular weight excluding hydrogens is 560 g/mol. The number of phenols is 1. The van der Waals surface area contributed by atoms with E-state index in [1.807, 2.05) is 18.2 Å². The lowest BCUT2D eigenvalue weighted by molar-refractivity contribution is -0.161. The number of fused-ring (bicyclic) bond motifs is 10. The van der Waals surface area contributed by atoms with Crippen LogP contribution in [0.5, 0.6) is 5.75 Å². The Bertz CT molecular complexity index is 1410. The molecule has 12 atom stereocenters. The van der Waals surface area contributed by atoms with E-state index < -0.39 is 5.60 Å². The van der Waals surface area contributed by atoms with Crippen LogP contribution in [0.1, 0.15) is 129 Å². The van der Waals surface area contributed by atoms with Crippen LogP contribution in [0.4, 0.5) is 0 Å². The number of phenolic OH excluding ortho intramolecular Hbond substituents is 1. The Balaban J connectivity index is 0.000000148. The van der Waals surface area contributed by atoms with Crippen LogP contribution in [0.3, 0.4) is 0 Å². The Morgan fingerprint density at radius 2 is 1.62 bits per heavy atom. The van der Waals surface area contributed by atoms with Gasteiger partial charge in [0.2, 0.25) is 0 Å². The second kappa shape index (κ2) is 10.8. The number of ketones is 2. The molecule has 0 amide bonds. The summed E-state index contributed by atoms with van der Waals surface area (Å²) >= 11 is 0. The number of hydrogen-bond donors (Lipinski definition) is 3. The summed E-state index contributed by atoms with van der Waals surface area (Å²) in [7, 11) is 0. The molecule has 5 nitrogen and oxygen atoms in total. The Labute approximate surface area is 270 Å². The first-order valence-corrected chi connectivity index (χ1v) is 18.2. The highest BCUT2D eigenvalue weighted by molar-refractivity contribution is 5.91. The van der Waals surface area contributed by atoms with Gasteiger partial charge in [-0.3, -0.25) is 9.59 Å². The zero-order valence-electron chi connectivity index (χ0n) is 28.3. The van der Waals surface area contributed by atoms with Crippen molar-refractivity contribution < 1.29 is 24.9 Å². The van der Waals surface area contributed by atoms with E-state index in [-0.39, 0.29) is 28.1 Å². The van der Waals surface area contributed by atoms with E-state index >= 15 is 0 Å². The molecule has 0 aliphatic heterocycles. The fourth-order valence-corrected chi connectivity index (χ4v) is 13.1. The molecule has 8 rings (SSSR count). The minimum Gasteiger partial charge on any atom is -0.508 e. The van der Waals surface area contributed by atoms with Crippen molar-refractivity contribution in [1.29, 1.82) is 0 Å². The van der Waals surface area contributed by atoms with Gasteiger partial charge in [0.05, 0.1) is 6.10 Å². The number of allylic oxidation sites excluding steroid dienone is 1. The molecule has 5 saturated carbocycles. The van der Waals surface area contributed by atoms with Gasteiger partial charge >= 0.3 is 0 Å². The van der Waals surface area contributed by atoms with Crippen LogP contribution in [0.2, 0.25) is 0 Å². The van der Waals surface area contributed by atoms with Crippen LogP contribution in [0, 0.1) is 51.8 Å². The lowest BCUT2D eigenvalue weighted by atomic mass is 9.45. The molecule has 0 spiro atoms. The summed E-state index contributed by atoms with van der Waals surface area (Å²) in [6.07, 6.45) is 15.1. The molecule has 0 unspecified atom stereocenters. The molecule has 0 radical (unpaired) electrons. The number of carbonyl (C=O) groups is 2. The van der Waals surface area contributed by atoms with Gasteiger partial charge in [0.15, 0.2) is 11.6 Å². The van der Waals surface area contributed by atoms with Crippen LogP contribution in [-0.2, 0) is 16.0 Å². The van der Waals surface area contributed by atoms with Gasteiger partial charge in [-0.15, -0.1) is 0 Å². The van der Waals surface area contributed by atoms with Crippen LogP contribution in [-0.4, -0.2) is 38.6 Å². The van der Waals surface area contributed by atoms with E-state index in [9.17, 15) is 24.9 Å². The third-order valence-electron chi connectivity index (χ3n) is 15.7. The largest absolute Gasteiger partial charge is 0.508 e. The smallest absolute Gasteiger partial charge is 0.161 e. The second-order valence-electron chi connectivity index (χ2n) is 17.3. The molecule has 0 bridgehead atoms. The van der Waals surface area contributed by atoms with Gasteiger partial charge in [-0.1, -0.05) is 39.3 Å². The summed E-state index contributed by atoms with van der Waals surface area (Å²) in [5, 5.41) is 31.3. The van der Waals surface area contributed by atoms with Gasteiger partial charge in [-0.2, -0.15) is 0 Å². The van der Waals surface area contributed by atoms with Crippen molar-refractivity contribution in [3.63, 3.8) is 0 Å². The number of Topliss-reactive ketones (excluding diaryl/α,β-unsaturated/α-hetero) is 1. The number of hydrogen-bond acceptors (Lipinski definition) is 5. The Hall–Kier alpha value is -1.98. The summed E-state index contributed by atoms with van der Waals surface area (Å²) in [5.74, 6) is 4.76. The van der Waals surface area contributed by atoms with Crippen molar-refractivity contribution in [2.75, 3.05) is 0 Å². The predicted octanol–water partition coefficient (Wildman–Crippen LogP) is 7.69. The lowest BCUT2D eigenvalue weighted by Gasteiger charge is -2.60. The van der Waals surface area contributed by atoms with Gasteiger partial charge in [0.25, 0.3) is 0 Å². The number of aromatic hydroxyl groups is 1. The first-order valence-electron chi connectivity index (χ1n) is 18.2. The third-order valence-corrected chi connectivity index (χ3v) is 15.7. The van der Waals surface area contributed by atoms with Crippen LogP contribution in [0.15, 0.2) is 29.8 Å². The van der Waals surface area contributed by atoms with Crippen molar-refractivity contribution in [3.05, 3.63) is 41.0 Å². The number of aryl methyl sites for hydroxylation is 1. The molecule has 0 heterocycles. The molecule has 5 fully saturated rings. The van der Waals surface area contributed by atoms with Crippen molar-refractivity contribution in [2.24, 2.45) is 51.8 Å². The number of aliphatic hydroxyl groups excluding tert-OH is 1. The topological polar surface area (TPSA) is 94.8 Å². The van der Waals surface area contributed by atoms with E-state index in [0.717, 1.165) is 57.3 Å². The first kappa shape index (κ1) is 31.6. The first-order chi connectivity index (χ1) is 21.2. The molecule has 45 heavy (non-hydrogen) atoms. The molecule has 1 aromatic carbocycles. The lowest BCUT2D eigenvalue weighted by Crippen LogP contribution is -2.57. The second-order valence-corrected chi connectivity index (χ2v) is 17.3. The van der Waals surface area contributed by atoms with E-state index in [2.05, 4.69) is 33.8 Å². The number of benzene rings is 1. The molecular formula is C40H56O5. The molecule has 7 aliphatic carbocycles. The Morgan fingerprint density at radius 3 is 2.38 bits per heavy atom. The Kier molecular flexibility index (Phi) is 7.57. The normalized spacial score (nSPS) is 47.9. The molecule has 3 N–H and O–H groups in total. The van der Waals surface area contributed by atoms with Crippen molar-refractivity contribution in [3.8, 4) is 5.75 Å². The van der Waals surface area contributed by atoms with E-state index in [4.69, 9.17) is 0 Å². The highest BCUT2D eigenvalue weighted by Gasteiger charge is 2.66. The van der Waals surface area contributed by atoms with Crippen LogP contribution < -0.4 is 0 Å². The fraction of sp³-hybridized carbons (Fsp3) is 0.750. The number of rotatable bonds is 1. The minimum absolute atomic E-state index is 0.0464. The average Bonchev–Trinajstić information content (AvgIpc) is 3.46. The summed E-state index contributed by atoms with van der Waals surface area (Å²) in [5.41, 5.74) is 3.10. The van der Waals surface area contributed by atoms with Gasteiger partial charge in [-0.25, -0.2) is 0 Å². The van der Waals surface area contributed by atoms with E-state index in [1.165, 1.54) is 36.0 Å². The molecule has 5 heteroatoms. The summed E-state index contributed by atoms with van der Waals surface area (Å²) in [6, 6.07) is 5.96. The van der Waals surface area contributed by atoms with Crippen molar-refractivity contribution in [1.82, 2.24) is 0 Å². The van der Waals surface area contributed by atoms with Gasteiger partial charge < -0.3 is 15.3 Å². The van der Waals surface area contributed by atoms with E-state index in [1.54, 1.807) is 6.92 Å². The standard InChI is InChI=1S/C22H32O3.C18H24O2/c1-13-11-16-17(20(3)8-5-15(24)12-19(13)20)6-9-21(4)18(16)7-10-22(21,25)14(2)23;1-18-9-8-14-13-5-3-12(19)10-11(13)2-4-15(14)16(18)6-7-17(18)20/h12-13,16-18,25H,5-11H2,1-4H3;3,5,10,14-17,19-20H,2,4,6-9H2,1H3/t13-,16+,17-,18-,20+,21-,22-;14-,15-,16+,17+,18+/m01/s1. The maximum absolute atomic E-state index is 12.3. The molecule has 7 aliphatic rings. The molecule has 0 saturated heterocycles. The molecule has 246 valence electrons. The SMILES string of the molecule is CC(=O)[C@@]1(O)CC[C@H]2[C@@H]3C[C@H](C)C4=CC(=O)CC[C@]4(C)[C@H]3CC[C@@]21C.C[C@]12CC[C@@H]3c4ccc(O)cc4CC[C@H]3[C@@H]1CC[C@@H]2O. The highest BCUT2D eigenvalue weighted by atomic mass is 16.3. The van der Waals surface area contributed by atoms with Crippen molar-refractivity contribution >= 4 is 11.6 Å². The van der Waals surface area contributed by atoms with Gasteiger partial charge in [0, 0.05) is 11.8 Å². The zero-order valence-corrected chi connectivity index (χ0v) is 28.3. The third kappa shape index (κ3) is 4.52. The number of carbonyl (C=O) groups excluding carboxylic acids is 2. The summed E-state index contributed by atoms with van der Waals surface area (Å²) < 4.78 is 0. The quantitative estimate of drug-likeness (QED) is 0.301. The minimum atomic E-state index is -1.13. The fourth-order valence-electron chi connectivity index (χ4n) is 13.1. The summed E-state index contributed by atoms with van der Waals surface area (Å²) in [4.78, 5) is 24.3. The Morgan fingerprint density at radius 1 is 0.867 bits per heavy atom. The molecule has 0 aromatic heterocycles. The van der Waals surface area contributed by atoms with E-state index in [0.29, 0.717) is 59.9 Å². The monoisotopic (exact) mass is 616 g/mol. The van der Waals surface area contributed by atoms with Gasteiger partial charge in [0.1, 0.15) is 11.4 Å². The highest BCUT2D eigenvalue weighted by Crippen LogP contribution is 2.68. The summed E-state index contributed by atoms with van der Waals surface area (Å²) in [6.45, 7) is 10.7. The van der Waals surface area contributed by atoms with Crippen LogP contribution >= 0.6 is 0 Å². The molecule has 1 aromatic rings. The number of aliphatic hydroxyl groups is 2.